The molecule has 0 saturated carbocycles. The fourth-order valence-corrected chi connectivity index (χ4v) is 2.62. The monoisotopic (exact) mass is 328 g/mol. The predicted octanol–water partition coefficient (Wildman–Crippen LogP) is 6.04. The molecule has 0 aliphatic carbocycles. The Balaban J connectivity index is 0.000000243. The minimum Gasteiger partial charge on any atom is -0.508 e. The summed E-state index contributed by atoms with van der Waals surface area (Å²) in [4.78, 5) is 0. The molecule has 2 aromatic carbocycles. The van der Waals surface area contributed by atoms with Crippen LogP contribution in [0.5, 0.6) is 11.5 Å². The van der Waals surface area contributed by atoms with Crippen molar-refractivity contribution in [2.75, 3.05) is 0 Å². The average molecular weight is 328 g/mol. The molecule has 0 bridgehead atoms. The molecule has 0 aliphatic rings. The van der Waals surface area contributed by atoms with Crippen LogP contribution in [0.15, 0.2) is 36.4 Å². The van der Waals surface area contributed by atoms with Crippen molar-refractivity contribution in [1.29, 1.82) is 0 Å². The zero-order valence-corrected chi connectivity index (χ0v) is 16.0. The Labute approximate surface area is 147 Å². The number of aromatic hydroxyl groups is 2. The standard InChI is InChI=1S/C12H18O.C10H14O/c1-8-6-9(2)11(13)10(7-8)12(3,4)5;1-2-3-6-9-7-4-5-8-10(9)11/h6-7,13H,1-5H3;4-5,7-8,11H,2-3,6H2,1H3. The van der Waals surface area contributed by atoms with Crippen LogP contribution in [-0.4, -0.2) is 10.2 Å². The zero-order chi connectivity index (χ0) is 18.3. The summed E-state index contributed by atoms with van der Waals surface area (Å²) in [5, 5.41) is 19.2. The maximum atomic E-state index is 9.86. The Bertz CT molecular complexity index is 652. The van der Waals surface area contributed by atoms with E-state index in [2.05, 4.69) is 40.7 Å². The van der Waals surface area contributed by atoms with E-state index in [0.717, 1.165) is 29.5 Å². The minimum absolute atomic E-state index is 0.0147. The molecule has 0 fully saturated rings. The van der Waals surface area contributed by atoms with E-state index in [9.17, 15) is 10.2 Å². The molecule has 2 N–H and O–H groups in total. The summed E-state index contributed by atoms with van der Waals surface area (Å²) >= 11 is 0. The third-order valence-electron chi connectivity index (χ3n) is 4.04. The van der Waals surface area contributed by atoms with Crippen LogP contribution in [0.4, 0.5) is 0 Å². The fraction of sp³-hybridized carbons (Fsp3) is 0.455. The summed E-state index contributed by atoms with van der Waals surface area (Å²) in [6.07, 6.45) is 3.31. The highest BCUT2D eigenvalue weighted by Crippen LogP contribution is 2.33. The van der Waals surface area contributed by atoms with Crippen molar-refractivity contribution >= 4 is 0 Å². The molecule has 0 aromatic heterocycles. The summed E-state index contributed by atoms with van der Waals surface area (Å²) in [6.45, 7) is 12.5. The maximum Gasteiger partial charge on any atom is 0.122 e. The third-order valence-corrected chi connectivity index (χ3v) is 4.04. The lowest BCUT2D eigenvalue weighted by atomic mass is 9.84. The number of benzene rings is 2. The second kappa shape index (κ2) is 8.77. The van der Waals surface area contributed by atoms with E-state index in [4.69, 9.17) is 0 Å². The number of rotatable bonds is 3. The summed E-state index contributed by atoms with van der Waals surface area (Å²) in [6, 6.07) is 11.6. The Morgan fingerprint density at radius 3 is 2.12 bits per heavy atom. The molecule has 0 aliphatic heterocycles. The summed E-state index contributed by atoms with van der Waals surface area (Å²) in [5.41, 5.74) is 4.28. The van der Waals surface area contributed by atoms with E-state index >= 15 is 0 Å². The van der Waals surface area contributed by atoms with Gasteiger partial charge in [-0.1, -0.05) is 70.0 Å². The van der Waals surface area contributed by atoms with Crippen LogP contribution in [0.25, 0.3) is 0 Å². The molecule has 0 amide bonds. The Morgan fingerprint density at radius 2 is 1.58 bits per heavy atom. The van der Waals surface area contributed by atoms with Gasteiger partial charge in [0.1, 0.15) is 11.5 Å². The molecule has 0 radical (unpaired) electrons. The van der Waals surface area contributed by atoms with Crippen LogP contribution in [0.2, 0.25) is 0 Å². The molecule has 24 heavy (non-hydrogen) atoms. The SMILES string of the molecule is CCCCc1ccccc1O.Cc1cc(C)c(O)c(C(C)(C)C)c1. The van der Waals surface area contributed by atoms with Gasteiger partial charge in [-0.25, -0.2) is 0 Å². The molecule has 2 aromatic rings. The van der Waals surface area contributed by atoms with Crippen molar-refractivity contribution in [2.45, 2.75) is 66.2 Å². The molecule has 2 nitrogen and oxygen atoms in total. The highest BCUT2D eigenvalue weighted by molar-refractivity contribution is 5.45. The van der Waals surface area contributed by atoms with Gasteiger partial charge in [-0.2, -0.15) is 0 Å². The molecule has 0 unspecified atom stereocenters. The third kappa shape index (κ3) is 5.92. The van der Waals surface area contributed by atoms with E-state index in [0.29, 0.717) is 11.5 Å². The van der Waals surface area contributed by atoms with Crippen LogP contribution in [0, 0.1) is 13.8 Å². The summed E-state index contributed by atoms with van der Waals surface area (Å²) in [7, 11) is 0. The van der Waals surface area contributed by atoms with E-state index < -0.39 is 0 Å². The first kappa shape index (κ1) is 20.1. The first-order valence-electron chi connectivity index (χ1n) is 8.74. The molecule has 0 heterocycles. The molecule has 132 valence electrons. The van der Waals surface area contributed by atoms with E-state index in [1.165, 1.54) is 12.0 Å². The quantitative estimate of drug-likeness (QED) is 0.721. The smallest absolute Gasteiger partial charge is 0.122 e. The summed E-state index contributed by atoms with van der Waals surface area (Å²) in [5.74, 6) is 0.874. The number of para-hydroxylation sites is 1. The number of phenols is 2. The van der Waals surface area contributed by atoms with Crippen LogP contribution in [0.3, 0.4) is 0 Å². The molecule has 0 atom stereocenters. The number of aryl methyl sites for hydroxylation is 3. The van der Waals surface area contributed by atoms with Crippen LogP contribution >= 0.6 is 0 Å². The van der Waals surface area contributed by atoms with Crippen LogP contribution < -0.4 is 0 Å². The van der Waals surface area contributed by atoms with Crippen molar-refractivity contribution in [3.63, 3.8) is 0 Å². The van der Waals surface area contributed by atoms with E-state index in [1.807, 2.05) is 31.2 Å². The van der Waals surface area contributed by atoms with Gasteiger partial charge in [-0.05, 0) is 54.9 Å². The van der Waals surface area contributed by atoms with Gasteiger partial charge < -0.3 is 10.2 Å². The highest BCUT2D eigenvalue weighted by Gasteiger charge is 2.19. The maximum absolute atomic E-state index is 9.86. The normalized spacial score (nSPS) is 10.9. The van der Waals surface area contributed by atoms with Crippen molar-refractivity contribution in [2.24, 2.45) is 0 Å². The van der Waals surface area contributed by atoms with Crippen molar-refractivity contribution in [1.82, 2.24) is 0 Å². The highest BCUT2D eigenvalue weighted by atomic mass is 16.3. The van der Waals surface area contributed by atoms with Crippen LogP contribution in [0.1, 0.15) is 62.8 Å². The Morgan fingerprint density at radius 1 is 0.958 bits per heavy atom. The minimum atomic E-state index is 0.0147. The van der Waals surface area contributed by atoms with E-state index in [-0.39, 0.29) is 5.41 Å². The number of phenolic OH excluding ortho intramolecular Hbond substituents is 2. The second-order valence-electron chi connectivity index (χ2n) is 7.46. The van der Waals surface area contributed by atoms with Crippen LogP contribution in [-0.2, 0) is 11.8 Å². The molecule has 0 spiro atoms. The molecular formula is C22H32O2. The first-order valence-corrected chi connectivity index (χ1v) is 8.74. The number of hydrogen-bond acceptors (Lipinski definition) is 2. The average Bonchev–Trinajstić information content (AvgIpc) is 2.50. The van der Waals surface area contributed by atoms with Gasteiger partial charge in [0.15, 0.2) is 0 Å². The predicted molar refractivity (Wildman–Crippen MR) is 103 cm³/mol. The van der Waals surface area contributed by atoms with Gasteiger partial charge in [0.2, 0.25) is 0 Å². The number of unbranched alkanes of at least 4 members (excludes halogenated alkanes) is 1. The van der Waals surface area contributed by atoms with Gasteiger partial charge in [0.05, 0.1) is 0 Å². The lowest BCUT2D eigenvalue weighted by Gasteiger charge is -2.22. The molecule has 2 heteroatoms. The topological polar surface area (TPSA) is 40.5 Å². The zero-order valence-electron chi connectivity index (χ0n) is 16.0. The van der Waals surface area contributed by atoms with Gasteiger partial charge in [-0.3, -0.25) is 0 Å². The van der Waals surface area contributed by atoms with Crippen molar-refractivity contribution in [3.05, 3.63) is 58.7 Å². The fourth-order valence-electron chi connectivity index (χ4n) is 2.62. The van der Waals surface area contributed by atoms with E-state index in [1.54, 1.807) is 6.07 Å². The lowest BCUT2D eigenvalue weighted by Crippen LogP contribution is -2.12. The first-order chi connectivity index (χ1) is 11.2. The second-order valence-corrected chi connectivity index (χ2v) is 7.46. The van der Waals surface area contributed by atoms with Gasteiger partial charge in [0.25, 0.3) is 0 Å². The van der Waals surface area contributed by atoms with Gasteiger partial charge in [0, 0.05) is 0 Å². The molecule has 2 rings (SSSR count). The van der Waals surface area contributed by atoms with Gasteiger partial charge in [-0.15, -0.1) is 0 Å². The van der Waals surface area contributed by atoms with Gasteiger partial charge >= 0.3 is 0 Å². The lowest BCUT2D eigenvalue weighted by molar-refractivity contribution is 0.442. The number of hydrogen-bond donors (Lipinski definition) is 2. The Kier molecular flexibility index (Phi) is 7.34. The molecular weight excluding hydrogens is 296 g/mol. The largest absolute Gasteiger partial charge is 0.508 e. The Hall–Kier alpha value is -1.96. The summed E-state index contributed by atoms with van der Waals surface area (Å²) < 4.78 is 0. The molecule has 0 saturated heterocycles. The van der Waals surface area contributed by atoms with Crippen molar-refractivity contribution in [3.8, 4) is 11.5 Å². The van der Waals surface area contributed by atoms with Crippen molar-refractivity contribution < 1.29 is 10.2 Å².